The number of nitrogens with two attached hydrogens (primary N) is 1. The molecule has 2 aromatic rings. The van der Waals surface area contributed by atoms with Gasteiger partial charge in [-0.2, -0.15) is 0 Å². The third-order valence-electron chi connectivity index (χ3n) is 2.28. The average Bonchev–Trinajstić information content (AvgIpc) is 2.62. The number of aromatic amines is 1. The van der Waals surface area contributed by atoms with Crippen molar-refractivity contribution in [2.45, 2.75) is 12.3 Å². The molecule has 0 aliphatic rings. The first-order chi connectivity index (χ1) is 7.12. The standard InChI is InChI=1S/C10H11F2N3/c11-10(12,6-13)4-7-5-15-9-8(7)2-1-3-14-9/h1-3,5H,4,6,13H2,(H,14,15). The summed E-state index contributed by atoms with van der Waals surface area (Å²) in [5, 5.41) is 0.727. The normalized spacial score (nSPS) is 12.2. The molecule has 0 spiro atoms. The van der Waals surface area contributed by atoms with E-state index in [-0.39, 0.29) is 6.42 Å². The molecule has 2 aromatic heterocycles. The van der Waals surface area contributed by atoms with Gasteiger partial charge in [0.2, 0.25) is 0 Å². The molecule has 0 fully saturated rings. The van der Waals surface area contributed by atoms with Gasteiger partial charge < -0.3 is 10.7 Å². The van der Waals surface area contributed by atoms with Crippen molar-refractivity contribution in [1.82, 2.24) is 9.97 Å². The fourth-order valence-electron chi connectivity index (χ4n) is 1.51. The first-order valence-electron chi connectivity index (χ1n) is 4.61. The van der Waals surface area contributed by atoms with E-state index in [0.29, 0.717) is 11.2 Å². The van der Waals surface area contributed by atoms with Crippen LogP contribution in [0.3, 0.4) is 0 Å². The van der Waals surface area contributed by atoms with Crippen molar-refractivity contribution < 1.29 is 8.78 Å². The van der Waals surface area contributed by atoms with Gasteiger partial charge in [0.05, 0.1) is 6.54 Å². The molecule has 2 rings (SSSR count). The van der Waals surface area contributed by atoms with E-state index in [1.165, 1.54) is 0 Å². The van der Waals surface area contributed by atoms with Gasteiger partial charge in [-0.3, -0.25) is 0 Å². The van der Waals surface area contributed by atoms with Gasteiger partial charge in [-0.15, -0.1) is 0 Å². The number of hydrogen-bond acceptors (Lipinski definition) is 2. The SMILES string of the molecule is NCC(F)(F)Cc1c[nH]c2ncccc12. The summed E-state index contributed by atoms with van der Waals surface area (Å²) < 4.78 is 26.2. The first-order valence-corrected chi connectivity index (χ1v) is 4.61. The van der Waals surface area contributed by atoms with Crippen LogP contribution in [0.4, 0.5) is 8.78 Å². The molecular formula is C10H11F2N3. The zero-order chi connectivity index (χ0) is 10.9. The van der Waals surface area contributed by atoms with Crippen molar-refractivity contribution >= 4 is 11.0 Å². The van der Waals surface area contributed by atoms with Crippen LogP contribution in [-0.2, 0) is 6.42 Å². The minimum atomic E-state index is -2.86. The summed E-state index contributed by atoms with van der Waals surface area (Å²) in [6, 6.07) is 3.49. The van der Waals surface area contributed by atoms with Crippen LogP contribution in [0.1, 0.15) is 5.56 Å². The summed E-state index contributed by atoms with van der Waals surface area (Å²) in [5.41, 5.74) is 6.17. The zero-order valence-corrected chi connectivity index (χ0v) is 8.00. The molecule has 0 radical (unpaired) electrons. The smallest absolute Gasteiger partial charge is 0.264 e. The fourth-order valence-corrected chi connectivity index (χ4v) is 1.51. The van der Waals surface area contributed by atoms with Crippen molar-refractivity contribution in [1.29, 1.82) is 0 Å². The van der Waals surface area contributed by atoms with Gasteiger partial charge >= 0.3 is 0 Å². The number of halogens is 2. The molecular weight excluding hydrogens is 200 g/mol. The largest absolute Gasteiger partial charge is 0.346 e. The maximum absolute atomic E-state index is 13.1. The van der Waals surface area contributed by atoms with Crippen LogP contribution in [0.15, 0.2) is 24.5 Å². The molecule has 0 aliphatic heterocycles. The molecule has 80 valence electrons. The molecule has 15 heavy (non-hydrogen) atoms. The second-order valence-corrected chi connectivity index (χ2v) is 3.45. The second-order valence-electron chi connectivity index (χ2n) is 3.45. The van der Waals surface area contributed by atoms with Crippen molar-refractivity contribution in [2.75, 3.05) is 6.54 Å². The van der Waals surface area contributed by atoms with E-state index in [0.717, 1.165) is 5.39 Å². The molecule has 0 bridgehead atoms. The van der Waals surface area contributed by atoms with Crippen molar-refractivity contribution in [3.05, 3.63) is 30.1 Å². The lowest BCUT2D eigenvalue weighted by atomic mass is 10.1. The summed E-state index contributed by atoms with van der Waals surface area (Å²) in [7, 11) is 0. The van der Waals surface area contributed by atoms with Crippen molar-refractivity contribution in [2.24, 2.45) is 5.73 Å². The molecule has 0 unspecified atom stereocenters. The van der Waals surface area contributed by atoms with Gasteiger partial charge in [0.1, 0.15) is 5.65 Å². The molecule has 0 aliphatic carbocycles. The van der Waals surface area contributed by atoms with E-state index in [1.54, 1.807) is 24.5 Å². The number of hydrogen-bond donors (Lipinski definition) is 2. The van der Waals surface area contributed by atoms with Crippen LogP contribution in [0.25, 0.3) is 11.0 Å². The van der Waals surface area contributed by atoms with Gasteiger partial charge in [-0.25, -0.2) is 13.8 Å². The van der Waals surface area contributed by atoms with E-state index in [9.17, 15) is 8.78 Å². The Labute approximate surface area is 85.3 Å². The van der Waals surface area contributed by atoms with Crippen LogP contribution in [0.2, 0.25) is 0 Å². The molecule has 0 amide bonds. The summed E-state index contributed by atoms with van der Waals surface area (Å²) in [5.74, 6) is -2.86. The van der Waals surface area contributed by atoms with E-state index in [4.69, 9.17) is 5.73 Å². The topological polar surface area (TPSA) is 54.7 Å². The Morgan fingerprint density at radius 2 is 2.27 bits per heavy atom. The van der Waals surface area contributed by atoms with Crippen LogP contribution < -0.4 is 5.73 Å². The first kappa shape index (κ1) is 10.0. The summed E-state index contributed by atoms with van der Waals surface area (Å²) in [6.45, 7) is -0.639. The molecule has 3 nitrogen and oxygen atoms in total. The number of H-pyrrole nitrogens is 1. The quantitative estimate of drug-likeness (QED) is 0.811. The van der Waals surface area contributed by atoms with Crippen molar-refractivity contribution in [3.8, 4) is 0 Å². The highest BCUT2D eigenvalue weighted by Crippen LogP contribution is 2.23. The third kappa shape index (κ3) is 1.97. The average molecular weight is 211 g/mol. The van der Waals surface area contributed by atoms with Crippen LogP contribution in [0, 0.1) is 0 Å². The number of fused-ring (bicyclic) bond motifs is 1. The van der Waals surface area contributed by atoms with Gasteiger partial charge in [0.25, 0.3) is 5.92 Å². The predicted octanol–water partition coefficient (Wildman–Crippen LogP) is 1.70. The molecule has 0 aromatic carbocycles. The Morgan fingerprint density at radius 1 is 1.47 bits per heavy atom. The molecule has 0 saturated heterocycles. The highest BCUT2D eigenvalue weighted by molar-refractivity contribution is 5.79. The summed E-state index contributed by atoms with van der Waals surface area (Å²) >= 11 is 0. The molecule has 0 saturated carbocycles. The Morgan fingerprint density at radius 3 is 3.00 bits per heavy atom. The van der Waals surface area contributed by atoms with E-state index >= 15 is 0 Å². The summed E-state index contributed by atoms with van der Waals surface area (Å²) in [6.07, 6.45) is 2.82. The highest BCUT2D eigenvalue weighted by Gasteiger charge is 2.28. The number of nitrogens with zero attached hydrogens (tertiary/aromatic N) is 1. The van der Waals surface area contributed by atoms with Gasteiger partial charge in [-0.1, -0.05) is 0 Å². The van der Waals surface area contributed by atoms with Crippen LogP contribution in [0.5, 0.6) is 0 Å². The lowest BCUT2D eigenvalue weighted by Crippen LogP contribution is -2.30. The van der Waals surface area contributed by atoms with E-state index in [1.807, 2.05) is 0 Å². The highest BCUT2D eigenvalue weighted by atomic mass is 19.3. The van der Waals surface area contributed by atoms with Gasteiger partial charge in [0.15, 0.2) is 0 Å². The third-order valence-corrected chi connectivity index (χ3v) is 2.28. The lowest BCUT2D eigenvalue weighted by Gasteiger charge is -2.12. The molecule has 5 heteroatoms. The molecule has 3 N–H and O–H groups in total. The monoisotopic (exact) mass is 211 g/mol. The molecule has 2 heterocycles. The lowest BCUT2D eigenvalue weighted by molar-refractivity contribution is 0.0118. The number of nitrogens with one attached hydrogen (secondary N) is 1. The Balaban J connectivity index is 2.37. The Kier molecular flexibility index (Phi) is 2.40. The zero-order valence-electron chi connectivity index (χ0n) is 8.00. The van der Waals surface area contributed by atoms with Crippen molar-refractivity contribution in [3.63, 3.8) is 0 Å². The minimum absolute atomic E-state index is 0.352. The van der Waals surface area contributed by atoms with Crippen LogP contribution in [-0.4, -0.2) is 22.4 Å². The minimum Gasteiger partial charge on any atom is -0.346 e. The van der Waals surface area contributed by atoms with Gasteiger partial charge in [0, 0.05) is 24.2 Å². The maximum atomic E-state index is 13.1. The number of alkyl halides is 2. The van der Waals surface area contributed by atoms with E-state index in [2.05, 4.69) is 9.97 Å². The van der Waals surface area contributed by atoms with Crippen LogP contribution >= 0.6 is 0 Å². The Hall–Kier alpha value is -1.49. The summed E-state index contributed by atoms with van der Waals surface area (Å²) in [4.78, 5) is 6.88. The number of rotatable bonds is 3. The molecule has 0 atom stereocenters. The number of pyridine rings is 1. The fraction of sp³-hybridized carbons (Fsp3) is 0.300. The maximum Gasteiger partial charge on any atom is 0.264 e. The van der Waals surface area contributed by atoms with E-state index < -0.39 is 12.5 Å². The van der Waals surface area contributed by atoms with Gasteiger partial charge in [-0.05, 0) is 17.7 Å². The predicted molar refractivity (Wildman–Crippen MR) is 53.8 cm³/mol. The Bertz CT molecular complexity index is 464. The number of aromatic nitrogens is 2. The second kappa shape index (κ2) is 3.58.